The summed E-state index contributed by atoms with van der Waals surface area (Å²) in [6, 6.07) is 8.96. The Bertz CT molecular complexity index is 516. The van der Waals surface area contributed by atoms with E-state index in [1.54, 1.807) is 20.8 Å². The first kappa shape index (κ1) is 20.3. The Hall–Kier alpha value is -0.710. The average molecular weight is 362 g/mol. The summed E-state index contributed by atoms with van der Waals surface area (Å²) in [7, 11) is -3.40. The third-order valence-corrected chi connectivity index (χ3v) is 6.24. The summed E-state index contributed by atoms with van der Waals surface area (Å²) >= 11 is 5.72. The van der Waals surface area contributed by atoms with Crippen LogP contribution >= 0.6 is 19.2 Å². The number of alkyl halides is 1. The summed E-state index contributed by atoms with van der Waals surface area (Å²) in [5.74, 6) is -0.385. The highest BCUT2D eigenvalue weighted by molar-refractivity contribution is 7.54. The van der Waals surface area contributed by atoms with E-state index in [-0.39, 0.29) is 24.9 Å². The van der Waals surface area contributed by atoms with E-state index in [4.69, 9.17) is 20.6 Å². The molecule has 5 nitrogen and oxygen atoms in total. The van der Waals surface area contributed by atoms with Gasteiger partial charge in [0.15, 0.2) is 5.78 Å². The van der Waals surface area contributed by atoms with Gasteiger partial charge in [0.25, 0.3) is 0 Å². The van der Waals surface area contributed by atoms with Crippen molar-refractivity contribution in [3.05, 3.63) is 35.9 Å². The first-order valence-corrected chi connectivity index (χ1v) is 9.87. The lowest BCUT2D eigenvalue weighted by Gasteiger charge is -2.29. The summed E-state index contributed by atoms with van der Waals surface area (Å²) in [6.45, 7) is 6.16. The van der Waals surface area contributed by atoms with E-state index >= 15 is 0 Å². The molecular weight excluding hydrogens is 337 g/mol. The number of hydrogen-bond donors (Lipinski definition) is 1. The Kier molecular flexibility index (Phi) is 9.03. The third kappa shape index (κ3) is 6.02. The molecule has 0 aliphatic heterocycles. The van der Waals surface area contributed by atoms with Crippen molar-refractivity contribution in [1.29, 1.82) is 0 Å². The highest BCUT2D eigenvalue weighted by atomic mass is 35.5. The number of benzene rings is 1. The van der Waals surface area contributed by atoms with Crippen LogP contribution in [0.2, 0.25) is 0 Å². The molecule has 23 heavy (non-hydrogen) atoms. The van der Waals surface area contributed by atoms with Crippen LogP contribution in [-0.2, 0) is 25.0 Å². The van der Waals surface area contributed by atoms with Crippen LogP contribution < -0.4 is 5.32 Å². The highest BCUT2D eigenvalue weighted by Gasteiger charge is 2.40. The fourth-order valence-corrected chi connectivity index (χ4v) is 4.34. The van der Waals surface area contributed by atoms with Gasteiger partial charge in [-0.05, 0) is 26.3 Å². The van der Waals surface area contributed by atoms with Crippen molar-refractivity contribution in [3.63, 3.8) is 0 Å². The first-order valence-electron chi connectivity index (χ1n) is 7.73. The van der Waals surface area contributed by atoms with Crippen LogP contribution in [0.15, 0.2) is 30.3 Å². The van der Waals surface area contributed by atoms with E-state index in [0.717, 1.165) is 5.56 Å². The van der Waals surface area contributed by atoms with Crippen LogP contribution in [0.3, 0.4) is 0 Å². The number of carbonyl (C=O) groups is 1. The highest BCUT2D eigenvalue weighted by Crippen LogP contribution is 2.54. The topological polar surface area (TPSA) is 64.6 Å². The van der Waals surface area contributed by atoms with Crippen molar-refractivity contribution in [3.8, 4) is 0 Å². The van der Waals surface area contributed by atoms with Crippen LogP contribution in [-0.4, -0.2) is 36.6 Å². The van der Waals surface area contributed by atoms with Gasteiger partial charge in [0, 0.05) is 6.54 Å². The van der Waals surface area contributed by atoms with E-state index in [1.807, 2.05) is 30.3 Å². The summed E-state index contributed by atoms with van der Waals surface area (Å²) in [5, 5.41) is 3.14. The number of nitrogens with one attached hydrogen (secondary N) is 1. The molecule has 0 saturated carbocycles. The summed E-state index contributed by atoms with van der Waals surface area (Å²) < 4.78 is 23.6. The summed E-state index contributed by atoms with van der Waals surface area (Å²) in [4.78, 5) is 12.2. The Morgan fingerprint density at radius 1 is 1.22 bits per heavy atom. The average Bonchev–Trinajstić information content (AvgIpc) is 2.56. The summed E-state index contributed by atoms with van der Waals surface area (Å²) in [6.07, 6.45) is 0. The van der Waals surface area contributed by atoms with Crippen molar-refractivity contribution in [2.75, 3.05) is 19.1 Å². The molecule has 0 aliphatic carbocycles. The monoisotopic (exact) mass is 361 g/mol. The molecular formula is C16H25ClNO4P. The second-order valence-electron chi connectivity index (χ2n) is 5.06. The van der Waals surface area contributed by atoms with Crippen molar-refractivity contribution < 1.29 is 18.4 Å². The lowest BCUT2D eigenvalue weighted by molar-refractivity contribution is -0.118. The number of Topliss-reactive ketones (excluding diaryl/α,β-unsaturated/α-hetero) is 1. The molecule has 1 aromatic carbocycles. The van der Waals surface area contributed by atoms with Gasteiger partial charge < -0.3 is 14.4 Å². The molecule has 0 amide bonds. The predicted octanol–water partition coefficient (Wildman–Crippen LogP) is 3.61. The molecule has 0 heterocycles. The zero-order valence-corrected chi connectivity index (χ0v) is 15.5. The molecule has 0 bridgehead atoms. The van der Waals surface area contributed by atoms with Gasteiger partial charge in [0.2, 0.25) is 0 Å². The van der Waals surface area contributed by atoms with Crippen molar-refractivity contribution in [2.24, 2.45) is 0 Å². The molecule has 130 valence electrons. The molecule has 2 atom stereocenters. The molecule has 1 rings (SSSR count). The minimum Gasteiger partial charge on any atom is -0.309 e. The number of halogens is 1. The molecule has 0 aromatic heterocycles. The third-order valence-electron chi connectivity index (χ3n) is 3.45. The fraction of sp³-hybridized carbons (Fsp3) is 0.562. The normalized spacial score (nSPS) is 14.4. The number of hydrogen-bond acceptors (Lipinski definition) is 5. The lowest BCUT2D eigenvalue weighted by Crippen LogP contribution is -2.45. The standard InChI is InChI=1S/C16H25ClNO4P/c1-4-21-23(20,22-5-2)13(3)16(15(19)11-17)18-12-14-9-7-6-8-10-14/h6-10,13,16,18H,4-5,11-12H2,1-3H3. The van der Waals surface area contributed by atoms with E-state index < -0.39 is 19.3 Å². The summed E-state index contributed by atoms with van der Waals surface area (Å²) in [5.41, 5.74) is 0.395. The smallest absolute Gasteiger partial charge is 0.309 e. The Balaban J connectivity index is 2.91. The van der Waals surface area contributed by atoms with Crippen LogP contribution in [0.25, 0.3) is 0 Å². The van der Waals surface area contributed by atoms with E-state index in [0.29, 0.717) is 6.54 Å². The maximum atomic E-state index is 12.9. The van der Waals surface area contributed by atoms with Gasteiger partial charge in [0.05, 0.1) is 30.8 Å². The largest absolute Gasteiger partial charge is 0.335 e. The van der Waals surface area contributed by atoms with Crippen molar-refractivity contribution >= 4 is 25.0 Å². The number of carbonyl (C=O) groups excluding carboxylic acids is 1. The molecule has 0 radical (unpaired) electrons. The zero-order chi connectivity index (χ0) is 17.3. The number of rotatable bonds is 11. The Morgan fingerprint density at radius 3 is 2.26 bits per heavy atom. The maximum absolute atomic E-state index is 12.9. The Labute approximate surface area is 143 Å². The second kappa shape index (κ2) is 10.2. The van der Waals surface area contributed by atoms with Crippen molar-refractivity contribution in [2.45, 2.75) is 39.0 Å². The minimum absolute atomic E-state index is 0.158. The predicted molar refractivity (Wildman–Crippen MR) is 93.1 cm³/mol. The molecule has 2 unspecified atom stereocenters. The molecule has 0 spiro atoms. The van der Waals surface area contributed by atoms with Gasteiger partial charge in [-0.3, -0.25) is 9.36 Å². The van der Waals surface area contributed by atoms with E-state index in [2.05, 4.69) is 5.32 Å². The van der Waals surface area contributed by atoms with E-state index in [1.165, 1.54) is 0 Å². The SMILES string of the molecule is CCOP(=O)(OCC)C(C)C(NCc1ccccc1)C(=O)CCl. The number of ketones is 1. The Morgan fingerprint density at radius 2 is 1.78 bits per heavy atom. The van der Waals surface area contributed by atoms with Crippen LogP contribution in [0.4, 0.5) is 0 Å². The van der Waals surface area contributed by atoms with Crippen LogP contribution in [0, 0.1) is 0 Å². The first-order chi connectivity index (χ1) is 11.0. The molecule has 0 saturated heterocycles. The lowest BCUT2D eigenvalue weighted by atomic mass is 10.1. The molecule has 7 heteroatoms. The quantitative estimate of drug-likeness (QED) is 0.482. The van der Waals surface area contributed by atoms with E-state index in [9.17, 15) is 9.36 Å². The molecule has 0 aliphatic rings. The van der Waals surface area contributed by atoms with Gasteiger partial charge in [-0.2, -0.15) is 0 Å². The van der Waals surface area contributed by atoms with Gasteiger partial charge in [-0.15, -0.1) is 11.6 Å². The molecule has 1 aromatic rings. The van der Waals surface area contributed by atoms with Gasteiger partial charge >= 0.3 is 7.60 Å². The van der Waals surface area contributed by atoms with Crippen molar-refractivity contribution in [1.82, 2.24) is 5.32 Å². The van der Waals surface area contributed by atoms with Crippen LogP contribution in [0.1, 0.15) is 26.3 Å². The minimum atomic E-state index is -3.40. The van der Waals surface area contributed by atoms with Crippen LogP contribution in [0.5, 0.6) is 0 Å². The second-order valence-corrected chi connectivity index (χ2v) is 7.74. The van der Waals surface area contributed by atoms with Gasteiger partial charge in [-0.1, -0.05) is 30.3 Å². The molecule has 1 N–H and O–H groups in total. The fourth-order valence-electron chi connectivity index (χ4n) is 2.28. The van der Waals surface area contributed by atoms with Gasteiger partial charge in [0.1, 0.15) is 0 Å². The maximum Gasteiger partial charge on any atom is 0.335 e. The molecule has 0 fully saturated rings. The van der Waals surface area contributed by atoms with Gasteiger partial charge in [-0.25, -0.2) is 0 Å². The zero-order valence-electron chi connectivity index (χ0n) is 13.8.